The van der Waals surface area contributed by atoms with E-state index in [9.17, 15) is 17.6 Å². The van der Waals surface area contributed by atoms with E-state index in [0.717, 1.165) is 12.1 Å². The van der Waals surface area contributed by atoms with Gasteiger partial charge in [0.2, 0.25) is 5.95 Å². The van der Waals surface area contributed by atoms with Gasteiger partial charge in [0.25, 0.3) is 0 Å². The Hall–Kier alpha value is -2.15. The van der Waals surface area contributed by atoms with Crippen LogP contribution in [0.2, 0.25) is 0 Å². The molecule has 0 saturated carbocycles. The summed E-state index contributed by atoms with van der Waals surface area (Å²) in [5.74, 6) is -0.764. The van der Waals surface area contributed by atoms with Crippen LogP contribution in [0.25, 0.3) is 11.1 Å². The van der Waals surface area contributed by atoms with Gasteiger partial charge in [0, 0.05) is 17.8 Å². The lowest BCUT2D eigenvalue weighted by atomic mass is 9.93. The van der Waals surface area contributed by atoms with Crippen molar-refractivity contribution in [2.45, 2.75) is 38.9 Å². The van der Waals surface area contributed by atoms with E-state index in [-0.39, 0.29) is 17.9 Å². The normalized spacial score (nSPS) is 14.3. The average Bonchev–Trinajstić information content (AvgIpc) is 2.51. The van der Waals surface area contributed by atoms with Crippen molar-refractivity contribution in [1.82, 2.24) is 4.98 Å². The molecule has 1 aromatic heterocycles. The molecule has 0 bridgehead atoms. The standard InChI is InChI=1S/C19H22F4N2O/c1-12(2)10-18(3,24)11-26-16-5-4-13(8-15(16)19(21,22)23)14-6-7-25-17(20)9-14/h4-9,12H,10-11,24H2,1-3H3/t18-/m0/s1. The molecule has 0 amide bonds. The van der Waals surface area contributed by atoms with E-state index in [2.05, 4.69) is 4.98 Å². The summed E-state index contributed by atoms with van der Waals surface area (Å²) in [6.07, 6.45) is -2.79. The fourth-order valence-corrected chi connectivity index (χ4v) is 2.87. The number of pyridine rings is 1. The Morgan fingerprint density at radius 3 is 2.35 bits per heavy atom. The molecule has 0 spiro atoms. The van der Waals surface area contributed by atoms with Gasteiger partial charge in [-0.15, -0.1) is 0 Å². The first-order chi connectivity index (χ1) is 12.0. The van der Waals surface area contributed by atoms with Crippen molar-refractivity contribution >= 4 is 0 Å². The molecule has 7 heteroatoms. The molecular weight excluding hydrogens is 348 g/mol. The lowest BCUT2D eigenvalue weighted by molar-refractivity contribution is -0.139. The average molecular weight is 370 g/mol. The van der Waals surface area contributed by atoms with Crippen molar-refractivity contribution in [3.63, 3.8) is 0 Å². The van der Waals surface area contributed by atoms with Crippen molar-refractivity contribution in [3.05, 3.63) is 48.0 Å². The molecule has 2 rings (SSSR count). The molecule has 0 aliphatic rings. The molecule has 26 heavy (non-hydrogen) atoms. The van der Waals surface area contributed by atoms with Gasteiger partial charge in [-0.05, 0) is 48.6 Å². The first-order valence-electron chi connectivity index (χ1n) is 8.23. The van der Waals surface area contributed by atoms with Gasteiger partial charge in [-0.1, -0.05) is 19.9 Å². The van der Waals surface area contributed by atoms with Crippen molar-refractivity contribution in [1.29, 1.82) is 0 Å². The SMILES string of the molecule is CC(C)C[C@](C)(N)COc1ccc(-c2ccnc(F)c2)cc1C(F)(F)F. The van der Waals surface area contributed by atoms with Gasteiger partial charge in [-0.3, -0.25) is 0 Å². The second kappa shape index (κ2) is 7.61. The minimum atomic E-state index is -4.61. The van der Waals surface area contributed by atoms with Gasteiger partial charge < -0.3 is 10.5 Å². The Morgan fingerprint density at radius 2 is 1.77 bits per heavy atom. The highest BCUT2D eigenvalue weighted by molar-refractivity contribution is 5.65. The number of aromatic nitrogens is 1. The van der Waals surface area contributed by atoms with E-state index in [1.165, 1.54) is 24.4 Å². The van der Waals surface area contributed by atoms with Crippen LogP contribution in [0, 0.1) is 11.9 Å². The van der Waals surface area contributed by atoms with Crippen LogP contribution in [0.4, 0.5) is 17.6 Å². The molecule has 0 unspecified atom stereocenters. The number of hydrogen-bond acceptors (Lipinski definition) is 3. The third-order valence-corrected chi connectivity index (χ3v) is 3.78. The van der Waals surface area contributed by atoms with Crippen LogP contribution >= 0.6 is 0 Å². The first kappa shape index (κ1) is 20.2. The summed E-state index contributed by atoms with van der Waals surface area (Å²) >= 11 is 0. The maximum atomic E-state index is 13.5. The van der Waals surface area contributed by atoms with Gasteiger partial charge >= 0.3 is 6.18 Å². The van der Waals surface area contributed by atoms with Gasteiger partial charge in [0.15, 0.2) is 0 Å². The second-order valence-electron chi connectivity index (χ2n) is 7.12. The first-order valence-corrected chi connectivity index (χ1v) is 8.23. The smallest absolute Gasteiger partial charge is 0.419 e. The Labute approximate surface area is 150 Å². The second-order valence-corrected chi connectivity index (χ2v) is 7.12. The zero-order valence-corrected chi connectivity index (χ0v) is 14.9. The Kier molecular flexibility index (Phi) is 5.91. The van der Waals surface area contributed by atoms with Crippen LogP contribution in [-0.2, 0) is 6.18 Å². The van der Waals surface area contributed by atoms with Crippen LogP contribution in [0.5, 0.6) is 5.75 Å². The molecular formula is C19H22F4N2O. The number of halogens is 4. The molecule has 0 aliphatic carbocycles. The zero-order valence-electron chi connectivity index (χ0n) is 14.9. The van der Waals surface area contributed by atoms with E-state index in [1.807, 2.05) is 13.8 Å². The maximum Gasteiger partial charge on any atom is 0.419 e. The van der Waals surface area contributed by atoms with E-state index in [4.69, 9.17) is 10.5 Å². The third-order valence-electron chi connectivity index (χ3n) is 3.78. The topological polar surface area (TPSA) is 48.1 Å². The fourth-order valence-electron chi connectivity index (χ4n) is 2.87. The maximum absolute atomic E-state index is 13.5. The molecule has 0 radical (unpaired) electrons. The number of nitrogens with zero attached hydrogens (tertiary/aromatic N) is 1. The molecule has 2 aromatic rings. The summed E-state index contributed by atoms with van der Waals surface area (Å²) in [7, 11) is 0. The van der Waals surface area contributed by atoms with E-state index in [1.54, 1.807) is 6.92 Å². The van der Waals surface area contributed by atoms with Crippen LogP contribution in [0.3, 0.4) is 0 Å². The highest BCUT2D eigenvalue weighted by Gasteiger charge is 2.35. The highest BCUT2D eigenvalue weighted by atomic mass is 19.4. The fraction of sp³-hybridized carbons (Fsp3) is 0.421. The van der Waals surface area contributed by atoms with Crippen LogP contribution < -0.4 is 10.5 Å². The van der Waals surface area contributed by atoms with E-state index >= 15 is 0 Å². The molecule has 1 heterocycles. The van der Waals surface area contributed by atoms with E-state index in [0.29, 0.717) is 17.9 Å². The quantitative estimate of drug-likeness (QED) is 0.572. The number of alkyl halides is 3. The minimum Gasteiger partial charge on any atom is -0.491 e. The van der Waals surface area contributed by atoms with Crippen LogP contribution in [0.1, 0.15) is 32.8 Å². The monoisotopic (exact) mass is 370 g/mol. The molecule has 3 nitrogen and oxygen atoms in total. The summed E-state index contributed by atoms with van der Waals surface area (Å²) < 4.78 is 59.0. The lowest BCUT2D eigenvalue weighted by Crippen LogP contribution is -2.43. The molecule has 0 aliphatic heterocycles. The summed E-state index contributed by atoms with van der Waals surface area (Å²) in [6, 6.07) is 6.16. The molecule has 1 aromatic carbocycles. The lowest BCUT2D eigenvalue weighted by Gasteiger charge is -2.27. The molecule has 0 saturated heterocycles. The van der Waals surface area contributed by atoms with Crippen molar-refractivity contribution in [2.24, 2.45) is 11.7 Å². The number of nitrogens with two attached hydrogens (primary N) is 1. The van der Waals surface area contributed by atoms with E-state index < -0.39 is 23.2 Å². The highest BCUT2D eigenvalue weighted by Crippen LogP contribution is 2.39. The third kappa shape index (κ3) is 5.42. The number of ether oxygens (including phenoxy) is 1. The molecule has 0 fully saturated rings. The number of benzene rings is 1. The Balaban J connectivity index is 2.32. The number of hydrogen-bond donors (Lipinski definition) is 1. The Morgan fingerprint density at radius 1 is 1.12 bits per heavy atom. The van der Waals surface area contributed by atoms with Crippen molar-refractivity contribution in [2.75, 3.05) is 6.61 Å². The van der Waals surface area contributed by atoms with Gasteiger partial charge in [0.1, 0.15) is 12.4 Å². The predicted octanol–water partition coefficient (Wildman–Crippen LogP) is 5.05. The van der Waals surface area contributed by atoms with Gasteiger partial charge in [-0.25, -0.2) is 4.98 Å². The van der Waals surface area contributed by atoms with Crippen LogP contribution in [-0.4, -0.2) is 17.1 Å². The van der Waals surface area contributed by atoms with Crippen molar-refractivity contribution in [3.8, 4) is 16.9 Å². The van der Waals surface area contributed by atoms with Gasteiger partial charge in [0.05, 0.1) is 5.56 Å². The van der Waals surface area contributed by atoms with Gasteiger partial charge in [-0.2, -0.15) is 17.6 Å². The van der Waals surface area contributed by atoms with Crippen LogP contribution in [0.15, 0.2) is 36.5 Å². The Bertz CT molecular complexity index is 757. The predicted molar refractivity (Wildman–Crippen MR) is 92.2 cm³/mol. The molecule has 2 N–H and O–H groups in total. The summed E-state index contributed by atoms with van der Waals surface area (Å²) in [4.78, 5) is 3.41. The van der Waals surface area contributed by atoms with Crippen molar-refractivity contribution < 1.29 is 22.3 Å². The number of rotatable bonds is 6. The summed E-state index contributed by atoms with van der Waals surface area (Å²) in [6.45, 7) is 5.66. The summed E-state index contributed by atoms with van der Waals surface area (Å²) in [5.41, 5.74) is 4.97. The molecule has 142 valence electrons. The largest absolute Gasteiger partial charge is 0.491 e. The molecule has 1 atom stereocenters. The summed E-state index contributed by atoms with van der Waals surface area (Å²) in [5, 5.41) is 0. The minimum absolute atomic E-state index is 0.0442. The zero-order chi connectivity index (χ0) is 19.5.